The Morgan fingerprint density at radius 3 is 2.51 bits per heavy atom. The maximum atomic E-state index is 14.8. The van der Waals surface area contributed by atoms with Gasteiger partial charge in [0, 0.05) is 30.2 Å². The molecular formula is C30H28F5NO5. The molecule has 41 heavy (non-hydrogen) atoms. The van der Waals surface area contributed by atoms with E-state index in [4.69, 9.17) is 9.47 Å². The third-order valence-electron chi connectivity index (χ3n) is 7.80. The molecule has 2 aliphatic carbocycles. The molecule has 0 bridgehead atoms. The first-order valence-corrected chi connectivity index (χ1v) is 13.1. The van der Waals surface area contributed by atoms with Crippen molar-refractivity contribution in [2.75, 3.05) is 6.61 Å². The van der Waals surface area contributed by atoms with Crippen LogP contribution in [0.5, 0.6) is 11.6 Å². The molecule has 6 nitrogen and oxygen atoms in total. The van der Waals surface area contributed by atoms with Crippen molar-refractivity contribution in [3.63, 3.8) is 0 Å². The molecule has 2 N–H and O–H groups in total. The zero-order chi connectivity index (χ0) is 29.7. The molecule has 0 radical (unpaired) electrons. The molecule has 0 saturated heterocycles. The minimum Gasteiger partial charge on any atom is -0.490 e. The predicted octanol–water partition coefficient (Wildman–Crippen LogP) is 6.67. The Labute approximate surface area is 232 Å². The third kappa shape index (κ3) is 5.86. The molecular weight excluding hydrogens is 549 g/mol. The van der Waals surface area contributed by atoms with E-state index >= 15 is 0 Å². The molecule has 1 saturated carbocycles. The van der Waals surface area contributed by atoms with Crippen molar-refractivity contribution >= 4 is 5.97 Å². The largest absolute Gasteiger partial charge is 0.490 e. The van der Waals surface area contributed by atoms with Crippen LogP contribution in [0.2, 0.25) is 0 Å². The highest BCUT2D eigenvalue weighted by atomic mass is 19.4. The number of benzene rings is 2. The first-order valence-electron chi connectivity index (χ1n) is 13.1. The van der Waals surface area contributed by atoms with Gasteiger partial charge in [0.1, 0.15) is 12.4 Å². The zero-order valence-electron chi connectivity index (χ0n) is 22.3. The molecule has 218 valence electrons. The number of rotatable bonds is 9. The quantitative estimate of drug-likeness (QED) is 0.276. The minimum absolute atomic E-state index is 0.0105. The van der Waals surface area contributed by atoms with Gasteiger partial charge >= 0.3 is 12.1 Å². The lowest BCUT2D eigenvalue weighted by Crippen LogP contribution is -2.22. The molecule has 0 aliphatic heterocycles. The second kappa shape index (κ2) is 10.3. The molecule has 2 aliphatic rings. The summed E-state index contributed by atoms with van der Waals surface area (Å²) in [5.74, 6) is -3.05. The summed E-state index contributed by atoms with van der Waals surface area (Å²) >= 11 is 0. The average Bonchev–Trinajstić information content (AvgIpc) is 3.64. The molecule has 2 atom stereocenters. The van der Waals surface area contributed by atoms with Gasteiger partial charge in [0.05, 0.1) is 23.2 Å². The highest BCUT2D eigenvalue weighted by molar-refractivity contribution is 5.81. The van der Waals surface area contributed by atoms with Gasteiger partial charge in [-0.3, -0.25) is 4.79 Å². The molecule has 1 unspecified atom stereocenters. The first-order chi connectivity index (χ1) is 19.2. The summed E-state index contributed by atoms with van der Waals surface area (Å²) in [4.78, 5) is 15.8. The number of nitrogens with zero attached hydrogens (tertiary/aromatic N) is 1. The van der Waals surface area contributed by atoms with Crippen LogP contribution in [0, 0.1) is 17.0 Å². The van der Waals surface area contributed by atoms with Crippen molar-refractivity contribution in [1.29, 1.82) is 0 Å². The number of pyridine rings is 1. The van der Waals surface area contributed by atoms with Gasteiger partial charge in [0.25, 0.3) is 0 Å². The Morgan fingerprint density at radius 2 is 1.85 bits per heavy atom. The SMILES string of the molecule is CC(C)(O)CCOc1ccc(-c2cc(COc3cc4c(cn3)[C@H]3CC3(C(=O)O)CC4)c(F)cc2C(F)(F)F)cc1F. The number of aliphatic carboxylic acids is 1. The number of alkyl halides is 3. The van der Waals surface area contributed by atoms with Crippen LogP contribution < -0.4 is 9.47 Å². The van der Waals surface area contributed by atoms with E-state index in [-0.39, 0.29) is 41.7 Å². The van der Waals surface area contributed by atoms with Gasteiger partial charge in [-0.1, -0.05) is 6.07 Å². The fourth-order valence-electron chi connectivity index (χ4n) is 5.34. The minimum atomic E-state index is -4.91. The number of hydrogen-bond acceptors (Lipinski definition) is 5. The van der Waals surface area contributed by atoms with E-state index in [0.717, 1.165) is 23.3 Å². The van der Waals surface area contributed by atoms with Gasteiger partial charge in [0.2, 0.25) is 5.88 Å². The lowest BCUT2D eigenvalue weighted by atomic mass is 9.84. The number of fused-ring (bicyclic) bond motifs is 3. The maximum Gasteiger partial charge on any atom is 0.417 e. The number of aliphatic hydroxyl groups is 1. The average molecular weight is 578 g/mol. The smallest absolute Gasteiger partial charge is 0.417 e. The third-order valence-corrected chi connectivity index (χ3v) is 7.80. The van der Waals surface area contributed by atoms with Crippen molar-refractivity contribution in [2.45, 2.75) is 63.8 Å². The van der Waals surface area contributed by atoms with Crippen molar-refractivity contribution in [2.24, 2.45) is 5.41 Å². The molecule has 11 heteroatoms. The summed E-state index contributed by atoms with van der Waals surface area (Å²) in [5, 5.41) is 19.3. The van der Waals surface area contributed by atoms with E-state index in [0.29, 0.717) is 25.3 Å². The number of carboxylic acid groups (broad SMARTS) is 1. The molecule has 2 aromatic carbocycles. The summed E-state index contributed by atoms with van der Waals surface area (Å²) in [6.45, 7) is 2.67. The molecule has 5 rings (SSSR count). The molecule has 0 spiro atoms. The van der Waals surface area contributed by atoms with Gasteiger partial charge in [-0.05, 0) is 79.6 Å². The number of hydrogen-bond donors (Lipinski definition) is 2. The topological polar surface area (TPSA) is 88.9 Å². The number of carboxylic acids is 1. The van der Waals surface area contributed by atoms with Crippen molar-refractivity contribution < 1.29 is 46.4 Å². The Morgan fingerprint density at radius 1 is 1.10 bits per heavy atom. The van der Waals surface area contributed by atoms with E-state index < -0.39 is 52.5 Å². The molecule has 0 amide bonds. The van der Waals surface area contributed by atoms with Crippen LogP contribution in [0.15, 0.2) is 42.6 Å². The molecule has 3 aromatic rings. The van der Waals surface area contributed by atoms with Crippen LogP contribution in [0.3, 0.4) is 0 Å². The molecule has 1 aromatic heterocycles. The number of carbonyl (C=O) groups is 1. The van der Waals surface area contributed by atoms with Gasteiger partial charge in [0.15, 0.2) is 11.6 Å². The fraction of sp³-hybridized carbons (Fsp3) is 0.400. The summed E-state index contributed by atoms with van der Waals surface area (Å²) in [6.07, 6.45) is -1.62. The summed E-state index contributed by atoms with van der Waals surface area (Å²) < 4.78 is 82.1. The van der Waals surface area contributed by atoms with E-state index in [1.54, 1.807) is 26.1 Å². The second-order valence-electron chi connectivity index (χ2n) is 11.3. The Bertz CT molecular complexity index is 1500. The normalized spacial score (nSPS) is 19.8. The van der Waals surface area contributed by atoms with Gasteiger partial charge in [-0.15, -0.1) is 0 Å². The molecule has 1 fully saturated rings. The van der Waals surface area contributed by atoms with E-state index in [9.17, 15) is 37.0 Å². The monoisotopic (exact) mass is 577 g/mol. The number of aryl methyl sites for hydroxylation is 1. The van der Waals surface area contributed by atoms with Crippen molar-refractivity contribution in [1.82, 2.24) is 4.98 Å². The number of halogens is 5. The zero-order valence-corrected chi connectivity index (χ0v) is 22.3. The van der Waals surface area contributed by atoms with E-state index in [1.165, 1.54) is 12.1 Å². The van der Waals surface area contributed by atoms with Crippen molar-refractivity contribution in [3.05, 3.63) is 76.5 Å². The van der Waals surface area contributed by atoms with E-state index in [1.807, 2.05) is 0 Å². The standard InChI is InChI=1S/C30H28F5NO5/c1-28(2,39)7-8-40-25-4-3-16(10-24(25)32)19-9-18(23(31)12-21(19)30(33,34)35)15-41-26-11-17-5-6-29(27(37)38)13-22(29)20(17)14-36-26/h3-4,9-12,14,22,39H,5-8,13,15H2,1-2H3,(H,37,38)/t22-,29?/m1/s1. The lowest BCUT2D eigenvalue weighted by molar-refractivity contribution is -0.144. The fourth-order valence-corrected chi connectivity index (χ4v) is 5.34. The first kappa shape index (κ1) is 28.8. The van der Waals surface area contributed by atoms with Crippen LogP contribution in [0.1, 0.15) is 61.3 Å². The lowest BCUT2D eigenvalue weighted by Gasteiger charge is -2.21. The Kier molecular flexibility index (Phi) is 7.21. The van der Waals surface area contributed by atoms with Crippen LogP contribution in [0.4, 0.5) is 22.0 Å². The van der Waals surface area contributed by atoms with Crippen LogP contribution >= 0.6 is 0 Å². The number of aromatic nitrogens is 1. The summed E-state index contributed by atoms with van der Waals surface area (Å²) in [6, 6.07) is 6.30. The van der Waals surface area contributed by atoms with Crippen LogP contribution in [-0.2, 0) is 24.0 Å². The van der Waals surface area contributed by atoms with Crippen molar-refractivity contribution in [3.8, 4) is 22.8 Å². The number of ether oxygens (including phenoxy) is 2. The van der Waals surface area contributed by atoms with Gasteiger partial charge in [-0.25, -0.2) is 13.8 Å². The highest BCUT2D eigenvalue weighted by Gasteiger charge is 2.62. The molecule has 1 heterocycles. The highest BCUT2D eigenvalue weighted by Crippen LogP contribution is 2.65. The van der Waals surface area contributed by atoms with Gasteiger partial charge in [-0.2, -0.15) is 13.2 Å². The summed E-state index contributed by atoms with van der Waals surface area (Å²) in [5.41, 5.74) is -2.09. The Hall–Kier alpha value is -3.73. The second-order valence-corrected chi connectivity index (χ2v) is 11.3. The predicted molar refractivity (Wildman–Crippen MR) is 138 cm³/mol. The Balaban J connectivity index is 1.37. The summed E-state index contributed by atoms with van der Waals surface area (Å²) in [7, 11) is 0. The van der Waals surface area contributed by atoms with Gasteiger partial charge < -0.3 is 19.7 Å². The van der Waals surface area contributed by atoms with Crippen LogP contribution in [-0.4, -0.2) is 33.4 Å². The van der Waals surface area contributed by atoms with Crippen LogP contribution in [0.25, 0.3) is 11.1 Å². The van der Waals surface area contributed by atoms with E-state index in [2.05, 4.69) is 4.98 Å². The maximum absolute atomic E-state index is 14.8.